The monoisotopic (exact) mass is 397 g/mol. The van der Waals surface area contributed by atoms with Crippen LogP contribution in [0.5, 0.6) is 0 Å². The Kier molecular flexibility index (Phi) is 4.46. The highest BCUT2D eigenvalue weighted by atomic mass is 19.1. The molecule has 2 fully saturated rings. The van der Waals surface area contributed by atoms with Crippen molar-refractivity contribution in [3.8, 4) is 0 Å². The lowest BCUT2D eigenvalue weighted by Gasteiger charge is -2.36. The molecule has 5 heterocycles. The van der Waals surface area contributed by atoms with Crippen LogP contribution in [0.3, 0.4) is 0 Å². The van der Waals surface area contributed by atoms with Gasteiger partial charge in [0.2, 0.25) is 5.91 Å². The van der Waals surface area contributed by atoms with E-state index in [-0.39, 0.29) is 17.8 Å². The largest absolute Gasteiger partial charge is 0.381 e. The van der Waals surface area contributed by atoms with Crippen molar-refractivity contribution >= 4 is 28.9 Å². The molecule has 29 heavy (non-hydrogen) atoms. The van der Waals surface area contributed by atoms with Crippen molar-refractivity contribution in [1.29, 1.82) is 0 Å². The van der Waals surface area contributed by atoms with Crippen LogP contribution in [0.4, 0.5) is 27.4 Å². The molecule has 9 heteroatoms. The van der Waals surface area contributed by atoms with E-state index in [4.69, 9.17) is 5.73 Å². The number of piperazine rings is 1. The molecular formula is C20H24FN7O. The Bertz CT molecular complexity index is 944. The fourth-order valence-corrected chi connectivity index (χ4v) is 4.45. The lowest BCUT2D eigenvalue weighted by Crippen LogP contribution is -2.46. The van der Waals surface area contributed by atoms with Crippen molar-refractivity contribution < 1.29 is 9.18 Å². The van der Waals surface area contributed by atoms with E-state index >= 15 is 0 Å². The lowest BCUT2D eigenvalue weighted by atomic mass is 10.1. The number of hydrogen-bond acceptors (Lipinski definition) is 7. The van der Waals surface area contributed by atoms with Crippen LogP contribution in [0.25, 0.3) is 0 Å². The van der Waals surface area contributed by atoms with Gasteiger partial charge < -0.3 is 20.9 Å². The maximum atomic E-state index is 13.7. The summed E-state index contributed by atoms with van der Waals surface area (Å²) in [5.41, 5.74) is 8.11. The zero-order valence-corrected chi connectivity index (χ0v) is 16.1. The number of carbonyl (C=O) groups is 1. The molecule has 0 bridgehead atoms. The first-order chi connectivity index (χ1) is 14.1. The Hall–Kier alpha value is -2.94. The first-order valence-electron chi connectivity index (χ1n) is 10.0. The van der Waals surface area contributed by atoms with Gasteiger partial charge in [-0.2, -0.15) is 0 Å². The van der Waals surface area contributed by atoms with E-state index in [0.717, 1.165) is 74.9 Å². The molecule has 1 atom stereocenters. The van der Waals surface area contributed by atoms with Crippen LogP contribution in [0.2, 0.25) is 0 Å². The smallest absolute Gasteiger partial charge is 0.247 e. The molecule has 3 N–H and O–H groups in total. The molecule has 0 aromatic carbocycles. The van der Waals surface area contributed by atoms with Crippen molar-refractivity contribution in [2.45, 2.75) is 25.4 Å². The topological polar surface area (TPSA) is 90.6 Å². The summed E-state index contributed by atoms with van der Waals surface area (Å²) >= 11 is 0. The maximum absolute atomic E-state index is 13.7. The lowest BCUT2D eigenvalue weighted by molar-refractivity contribution is -0.117. The van der Waals surface area contributed by atoms with Crippen molar-refractivity contribution in [3.63, 3.8) is 0 Å². The third-order valence-corrected chi connectivity index (χ3v) is 6.01. The summed E-state index contributed by atoms with van der Waals surface area (Å²) in [6, 6.07) is 3.42. The minimum atomic E-state index is -0.479. The van der Waals surface area contributed by atoms with Crippen molar-refractivity contribution in [1.82, 2.24) is 14.9 Å². The number of amides is 1. The molecule has 0 spiro atoms. The van der Waals surface area contributed by atoms with Crippen molar-refractivity contribution in [2.24, 2.45) is 0 Å². The van der Waals surface area contributed by atoms with Gasteiger partial charge in [-0.3, -0.25) is 9.69 Å². The second-order valence-corrected chi connectivity index (χ2v) is 7.88. The zero-order valence-electron chi connectivity index (χ0n) is 16.1. The van der Waals surface area contributed by atoms with E-state index in [0.29, 0.717) is 0 Å². The molecule has 0 radical (unpaired) electrons. The van der Waals surface area contributed by atoms with Gasteiger partial charge in [0, 0.05) is 51.5 Å². The molecule has 0 aliphatic carbocycles. The number of nitrogen functional groups attached to an aromatic ring is 1. The van der Waals surface area contributed by atoms with E-state index in [1.165, 1.54) is 6.07 Å². The summed E-state index contributed by atoms with van der Waals surface area (Å²) in [4.78, 5) is 27.5. The highest BCUT2D eigenvalue weighted by molar-refractivity contribution is 6.03. The van der Waals surface area contributed by atoms with Crippen LogP contribution < -0.4 is 20.9 Å². The van der Waals surface area contributed by atoms with Gasteiger partial charge in [-0.15, -0.1) is 0 Å². The van der Waals surface area contributed by atoms with Crippen LogP contribution >= 0.6 is 0 Å². The summed E-state index contributed by atoms with van der Waals surface area (Å²) in [6.07, 6.45) is 5.46. The Balaban J connectivity index is 1.24. The summed E-state index contributed by atoms with van der Waals surface area (Å²) in [7, 11) is 0. The summed E-state index contributed by atoms with van der Waals surface area (Å²) in [5, 5.41) is 3.02. The highest BCUT2D eigenvalue weighted by Gasteiger charge is 2.37. The van der Waals surface area contributed by atoms with Crippen molar-refractivity contribution in [3.05, 3.63) is 35.9 Å². The van der Waals surface area contributed by atoms with E-state index in [2.05, 4.69) is 30.0 Å². The van der Waals surface area contributed by atoms with Gasteiger partial charge >= 0.3 is 0 Å². The average molecular weight is 397 g/mol. The SMILES string of the molecule is Nc1ncc(N2CCN(Cc3cnc4c(c3)NC(=O)C3CCCN43)CC2)cc1F. The molecule has 8 nitrogen and oxygen atoms in total. The molecule has 3 aliphatic rings. The number of pyridine rings is 2. The number of halogens is 1. The summed E-state index contributed by atoms with van der Waals surface area (Å²) < 4.78 is 13.7. The van der Waals surface area contributed by atoms with Gasteiger partial charge in [0.15, 0.2) is 17.5 Å². The van der Waals surface area contributed by atoms with E-state index < -0.39 is 5.82 Å². The minimum Gasteiger partial charge on any atom is -0.381 e. The van der Waals surface area contributed by atoms with Crippen LogP contribution in [-0.4, -0.2) is 59.5 Å². The van der Waals surface area contributed by atoms with Gasteiger partial charge in [-0.1, -0.05) is 0 Å². The third kappa shape index (κ3) is 3.35. The number of nitrogens with two attached hydrogens (primary N) is 1. The minimum absolute atomic E-state index is 0.0680. The predicted octanol–water partition coefficient (Wildman–Crippen LogP) is 1.44. The first-order valence-corrected chi connectivity index (χ1v) is 10.0. The normalized spacial score (nSPS) is 21.7. The van der Waals surface area contributed by atoms with Crippen LogP contribution in [-0.2, 0) is 11.3 Å². The molecule has 2 aromatic rings. The number of rotatable bonds is 3. The zero-order chi connectivity index (χ0) is 20.0. The number of fused-ring (bicyclic) bond motifs is 3. The van der Waals surface area contributed by atoms with Gasteiger partial charge in [0.1, 0.15) is 6.04 Å². The average Bonchev–Trinajstić information content (AvgIpc) is 3.21. The molecular weight excluding hydrogens is 373 g/mol. The summed E-state index contributed by atoms with van der Waals surface area (Å²) in [6.45, 7) is 4.93. The third-order valence-electron chi connectivity index (χ3n) is 6.01. The quantitative estimate of drug-likeness (QED) is 0.810. The number of carbonyl (C=O) groups excluding carboxylic acids is 1. The highest BCUT2D eigenvalue weighted by Crippen LogP contribution is 2.35. The Labute approximate surface area is 168 Å². The molecule has 1 unspecified atom stereocenters. The number of nitrogens with zero attached hydrogens (tertiary/aromatic N) is 5. The molecule has 3 aliphatic heterocycles. The Morgan fingerprint density at radius 2 is 1.97 bits per heavy atom. The standard InChI is InChI=1S/C20H24FN7O/c21-15-9-14(11-23-18(15)22)27-6-4-26(5-7-27)12-13-8-16-19(24-10-13)28-3-1-2-17(28)20(29)25-16/h8-11,17H,1-7,12H2,(H2,22,23)(H,25,29). The molecule has 1 amide bonds. The van der Waals surface area contributed by atoms with E-state index in [9.17, 15) is 9.18 Å². The summed E-state index contributed by atoms with van der Waals surface area (Å²) in [5.74, 6) is 0.414. The number of nitrogens with one attached hydrogen (secondary N) is 1. The molecule has 0 saturated carbocycles. The van der Waals surface area contributed by atoms with E-state index in [1.54, 1.807) is 6.20 Å². The van der Waals surface area contributed by atoms with E-state index in [1.807, 2.05) is 12.3 Å². The molecule has 5 rings (SSSR count). The van der Waals surface area contributed by atoms with Crippen molar-refractivity contribution in [2.75, 3.05) is 53.6 Å². The van der Waals surface area contributed by atoms with Crippen LogP contribution in [0.1, 0.15) is 18.4 Å². The fourth-order valence-electron chi connectivity index (χ4n) is 4.45. The number of aromatic nitrogens is 2. The first kappa shape index (κ1) is 18.1. The van der Waals surface area contributed by atoms with Crippen LogP contribution in [0.15, 0.2) is 24.5 Å². The molecule has 2 aromatic heterocycles. The predicted molar refractivity (Wildman–Crippen MR) is 109 cm³/mol. The fraction of sp³-hybridized carbons (Fsp3) is 0.450. The van der Waals surface area contributed by atoms with Gasteiger partial charge in [-0.05, 0) is 24.5 Å². The maximum Gasteiger partial charge on any atom is 0.247 e. The molecule has 152 valence electrons. The second-order valence-electron chi connectivity index (χ2n) is 7.88. The molecule has 2 saturated heterocycles. The second kappa shape index (κ2) is 7.14. The Morgan fingerprint density at radius 1 is 1.14 bits per heavy atom. The number of anilines is 4. The van der Waals surface area contributed by atoms with Gasteiger partial charge in [0.25, 0.3) is 0 Å². The van der Waals surface area contributed by atoms with Gasteiger partial charge in [-0.25, -0.2) is 14.4 Å². The Morgan fingerprint density at radius 3 is 2.76 bits per heavy atom. The number of hydrogen-bond donors (Lipinski definition) is 2. The van der Waals surface area contributed by atoms with Gasteiger partial charge in [0.05, 0.1) is 17.6 Å². The van der Waals surface area contributed by atoms with Crippen LogP contribution in [0, 0.1) is 5.82 Å².